The number of rotatable bonds is 1. The lowest BCUT2D eigenvalue weighted by atomic mass is 10.2. The molecule has 5 heteroatoms. The van der Waals surface area contributed by atoms with Crippen LogP contribution in [0.4, 0.5) is 5.69 Å². The molecule has 1 N–H and O–H groups in total. The van der Waals surface area contributed by atoms with E-state index in [1.54, 1.807) is 0 Å². The predicted octanol–water partition coefficient (Wildman–Crippen LogP) is 2.05. The third kappa shape index (κ3) is 1.01. The van der Waals surface area contributed by atoms with E-state index in [4.69, 9.17) is 4.42 Å². The smallest absolute Gasteiger partial charge is 0.321 e. The maximum atomic E-state index is 10.5. The first kappa shape index (κ1) is 7.60. The van der Waals surface area contributed by atoms with Gasteiger partial charge in [0.05, 0.1) is 11.2 Å². The summed E-state index contributed by atoms with van der Waals surface area (Å²) in [5.74, 6) is -0.348. The van der Waals surface area contributed by atoms with Crippen molar-refractivity contribution in [2.45, 2.75) is 0 Å². The lowest BCUT2D eigenvalue weighted by Crippen LogP contribution is -1.88. The van der Waals surface area contributed by atoms with Crippen LogP contribution in [0.1, 0.15) is 0 Å². The Morgan fingerprint density at radius 1 is 1.38 bits per heavy atom. The summed E-state index contributed by atoms with van der Waals surface area (Å²) in [5, 5.41) is 20.1. The molecule has 0 atom stereocenters. The van der Waals surface area contributed by atoms with Crippen LogP contribution in [0, 0.1) is 10.1 Å². The molecular weight excluding hydrogens is 174 g/mol. The Balaban J connectivity index is 2.88. The molecule has 0 amide bonds. The highest BCUT2D eigenvalue weighted by Crippen LogP contribution is 2.34. The Morgan fingerprint density at radius 3 is 2.85 bits per heavy atom. The Morgan fingerprint density at radius 2 is 2.15 bits per heavy atom. The van der Waals surface area contributed by atoms with Gasteiger partial charge in [-0.1, -0.05) is 0 Å². The molecule has 0 saturated carbocycles. The van der Waals surface area contributed by atoms with Crippen LogP contribution < -0.4 is 0 Å². The van der Waals surface area contributed by atoms with Gasteiger partial charge in [0.25, 0.3) is 0 Å². The average Bonchev–Trinajstić information content (AvgIpc) is 2.50. The van der Waals surface area contributed by atoms with E-state index in [1.807, 2.05) is 0 Å². The lowest BCUT2D eigenvalue weighted by molar-refractivity contribution is -0.384. The molecule has 66 valence electrons. The van der Waals surface area contributed by atoms with E-state index in [0.29, 0.717) is 11.0 Å². The van der Waals surface area contributed by atoms with Crippen molar-refractivity contribution in [2.75, 3.05) is 0 Å². The van der Waals surface area contributed by atoms with Crippen molar-refractivity contribution in [1.29, 1.82) is 0 Å². The average molecular weight is 179 g/mol. The SMILES string of the molecule is O=[N+]([O-])c1c(O)ccc2occc12. The van der Waals surface area contributed by atoms with Crippen molar-refractivity contribution < 1.29 is 14.4 Å². The summed E-state index contributed by atoms with van der Waals surface area (Å²) in [6, 6.07) is 4.18. The zero-order valence-corrected chi connectivity index (χ0v) is 6.43. The van der Waals surface area contributed by atoms with Crippen molar-refractivity contribution >= 4 is 16.7 Å². The molecule has 0 fully saturated rings. The van der Waals surface area contributed by atoms with Gasteiger partial charge < -0.3 is 9.52 Å². The van der Waals surface area contributed by atoms with Gasteiger partial charge in [-0.3, -0.25) is 10.1 Å². The van der Waals surface area contributed by atoms with E-state index < -0.39 is 4.92 Å². The normalized spacial score (nSPS) is 10.5. The van der Waals surface area contributed by atoms with Crippen LogP contribution in [0.15, 0.2) is 28.9 Å². The first-order valence-corrected chi connectivity index (χ1v) is 3.53. The van der Waals surface area contributed by atoms with E-state index in [0.717, 1.165) is 0 Å². The number of nitro groups is 1. The zero-order chi connectivity index (χ0) is 9.42. The first-order chi connectivity index (χ1) is 6.20. The fourth-order valence-electron chi connectivity index (χ4n) is 1.21. The van der Waals surface area contributed by atoms with Crippen LogP contribution in [0.25, 0.3) is 11.0 Å². The highest BCUT2D eigenvalue weighted by molar-refractivity contribution is 5.89. The second-order valence-electron chi connectivity index (χ2n) is 2.52. The fourth-order valence-corrected chi connectivity index (χ4v) is 1.21. The zero-order valence-electron chi connectivity index (χ0n) is 6.43. The van der Waals surface area contributed by atoms with Gasteiger partial charge in [-0.2, -0.15) is 0 Å². The Labute approximate surface area is 72.4 Å². The number of aromatic hydroxyl groups is 1. The molecule has 13 heavy (non-hydrogen) atoms. The lowest BCUT2D eigenvalue weighted by Gasteiger charge is -1.95. The second-order valence-corrected chi connectivity index (χ2v) is 2.52. The molecule has 1 aromatic heterocycles. The number of phenols is 1. The van der Waals surface area contributed by atoms with Gasteiger partial charge in [0, 0.05) is 0 Å². The molecule has 0 radical (unpaired) electrons. The number of hydrogen-bond donors (Lipinski definition) is 1. The van der Waals surface area contributed by atoms with Crippen LogP contribution in [0.2, 0.25) is 0 Å². The monoisotopic (exact) mass is 179 g/mol. The van der Waals surface area contributed by atoms with Gasteiger partial charge in [0.15, 0.2) is 5.75 Å². The summed E-state index contributed by atoms with van der Waals surface area (Å²) in [4.78, 5) is 9.91. The number of furan rings is 1. The number of nitro benzene ring substituents is 1. The maximum absolute atomic E-state index is 10.5. The summed E-state index contributed by atoms with van der Waals surface area (Å²) >= 11 is 0. The van der Waals surface area contributed by atoms with Gasteiger partial charge in [-0.25, -0.2) is 0 Å². The maximum Gasteiger partial charge on any atom is 0.321 e. The molecule has 2 aromatic rings. The minimum atomic E-state index is -0.632. The standard InChI is InChI=1S/C8H5NO4/c10-6-1-2-7-5(3-4-13-7)8(6)9(11)12/h1-4,10H. The number of hydrogen-bond acceptors (Lipinski definition) is 4. The van der Waals surface area contributed by atoms with Gasteiger partial charge in [-0.05, 0) is 18.2 Å². The minimum absolute atomic E-state index is 0.310. The van der Waals surface area contributed by atoms with Gasteiger partial charge in [0.2, 0.25) is 0 Å². The van der Waals surface area contributed by atoms with Crippen molar-refractivity contribution in [3.63, 3.8) is 0 Å². The molecule has 0 unspecified atom stereocenters. The number of benzene rings is 1. The van der Waals surface area contributed by atoms with E-state index in [2.05, 4.69) is 0 Å². The van der Waals surface area contributed by atoms with Crippen LogP contribution in [-0.4, -0.2) is 10.0 Å². The molecule has 0 aliphatic carbocycles. The van der Waals surface area contributed by atoms with Gasteiger partial charge in [-0.15, -0.1) is 0 Å². The third-order valence-corrected chi connectivity index (χ3v) is 1.77. The quantitative estimate of drug-likeness (QED) is 0.536. The van der Waals surface area contributed by atoms with Crippen molar-refractivity contribution in [1.82, 2.24) is 0 Å². The molecule has 0 spiro atoms. The second kappa shape index (κ2) is 2.48. The van der Waals surface area contributed by atoms with Gasteiger partial charge in [0.1, 0.15) is 11.0 Å². The first-order valence-electron chi connectivity index (χ1n) is 3.53. The van der Waals surface area contributed by atoms with Crippen molar-refractivity contribution in [3.8, 4) is 5.75 Å². The van der Waals surface area contributed by atoms with Gasteiger partial charge >= 0.3 is 5.69 Å². The van der Waals surface area contributed by atoms with E-state index in [1.165, 1.54) is 24.5 Å². The summed E-state index contributed by atoms with van der Waals surface area (Å²) in [7, 11) is 0. The molecule has 5 nitrogen and oxygen atoms in total. The molecular formula is C8H5NO4. The highest BCUT2D eigenvalue weighted by Gasteiger charge is 2.18. The highest BCUT2D eigenvalue weighted by atomic mass is 16.6. The molecule has 0 bridgehead atoms. The van der Waals surface area contributed by atoms with Crippen LogP contribution in [0.3, 0.4) is 0 Å². The Kier molecular flexibility index (Phi) is 1.45. The molecule has 1 aromatic carbocycles. The largest absolute Gasteiger partial charge is 0.502 e. The predicted molar refractivity (Wildman–Crippen MR) is 44.5 cm³/mol. The van der Waals surface area contributed by atoms with E-state index >= 15 is 0 Å². The molecule has 0 aliphatic heterocycles. The molecule has 2 rings (SSSR count). The van der Waals surface area contributed by atoms with E-state index in [-0.39, 0.29) is 11.4 Å². The van der Waals surface area contributed by atoms with Crippen molar-refractivity contribution in [3.05, 3.63) is 34.6 Å². The Bertz CT molecular complexity index is 474. The fraction of sp³-hybridized carbons (Fsp3) is 0. The molecule has 0 saturated heterocycles. The molecule has 0 aliphatic rings. The summed E-state index contributed by atoms with van der Waals surface area (Å²) < 4.78 is 4.95. The summed E-state index contributed by atoms with van der Waals surface area (Å²) in [6.45, 7) is 0. The number of phenolic OH excluding ortho intramolecular Hbond substituents is 1. The Hall–Kier alpha value is -2.04. The third-order valence-electron chi connectivity index (χ3n) is 1.77. The summed E-state index contributed by atoms with van der Waals surface area (Å²) in [6.07, 6.45) is 1.34. The van der Waals surface area contributed by atoms with Crippen LogP contribution >= 0.6 is 0 Å². The van der Waals surface area contributed by atoms with E-state index in [9.17, 15) is 15.2 Å². The minimum Gasteiger partial charge on any atom is -0.502 e. The van der Waals surface area contributed by atoms with Crippen LogP contribution in [-0.2, 0) is 0 Å². The topological polar surface area (TPSA) is 76.5 Å². The summed E-state index contributed by atoms with van der Waals surface area (Å²) in [5.41, 5.74) is 0.0794. The van der Waals surface area contributed by atoms with Crippen molar-refractivity contribution in [2.24, 2.45) is 0 Å². The number of fused-ring (bicyclic) bond motifs is 1. The number of nitrogens with zero attached hydrogens (tertiary/aromatic N) is 1. The molecule has 1 heterocycles. The van der Waals surface area contributed by atoms with Crippen LogP contribution in [0.5, 0.6) is 5.75 Å².